The van der Waals surface area contributed by atoms with Crippen molar-refractivity contribution in [2.75, 3.05) is 0 Å². The molecular formula is C58H62IrN4OSi-2. The van der Waals surface area contributed by atoms with E-state index in [1.807, 2.05) is 45.3 Å². The molecule has 0 amide bonds. The fourth-order valence-electron chi connectivity index (χ4n) is 8.48. The number of imidazole rings is 1. The number of furan rings is 1. The molecule has 0 fully saturated rings. The summed E-state index contributed by atoms with van der Waals surface area (Å²) in [5.41, 5.74) is 14.5. The van der Waals surface area contributed by atoms with Gasteiger partial charge in [0.05, 0.1) is 36.7 Å². The second-order valence-corrected chi connectivity index (χ2v) is 24.7. The number of benzene rings is 5. The van der Waals surface area contributed by atoms with Crippen LogP contribution in [0.5, 0.6) is 0 Å². The van der Waals surface area contributed by atoms with Crippen LogP contribution in [-0.2, 0) is 26.5 Å². The third-order valence-corrected chi connectivity index (χ3v) is 13.6. The van der Waals surface area contributed by atoms with Gasteiger partial charge in [0.2, 0.25) is 0 Å². The summed E-state index contributed by atoms with van der Waals surface area (Å²) in [6.07, 6.45) is 4.01. The summed E-state index contributed by atoms with van der Waals surface area (Å²) in [7, 11) is -1.81. The fourth-order valence-corrected chi connectivity index (χ4v) is 9.88. The standard InChI is InChI=1S/C38H34N3O.C20H28NSi.Ir/c1-22(2)30-19-27(26-10-8-7-9-11-26)20-31(23(3)4)36(30)41-33-21-39-17-16-32(33)40-38(41)29-15-13-25(6)35-28-14-12-24(5)18-34(28)42-37(29)35;1-15-8-10-16(11-9-15)18-12-17(13-20(2,3)4)19(14-21-18)22(5,6)7;/h7-14,16-23H,1-6H3;8-10,12,14H,13H2,1-7H3;/q2*-1;/i;1D3,13D2;. The van der Waals surface area contributed by atoms with Crippen LogP contribution in [0.3, 0.4) is 0 Å². The quantitative estimate of drug-likeness (QED) is 0.112. The minimum absolute atomic E-state index is 0. The van der Waals surface area contributed by atoms with E-state index in [9.17, 15) is 0 Å². The molecule has 0 bridgehead atoms. The molecule has 4 heterocycles. The van der Waals surface area contributed by atoms with Gasteiger partial charge in [-0.3, -0.25) is 9.97 Å². The summed E-state index contributed by atoms with van der Waals surface area (Å²) in [6, 6.07) is 39.0. The van der Waals surface area contributed by atoms with Gasteiger partial charge in [-0.05, 0) is 93.5 Å². The maximum absolute atomic E-state index is 8.79. The van der Waals surface area contributed by atoms with Gasteiger partial charge in [0.15, 0.2) is 0 Å². The van der Waals surface area contributed by atoms with Gasteiger partial charge in [-0.15, -0.1) is 53.1 Å². The summed E-state index contributed by atoms with van der Waals surface area (Å²) in [6.45, 7) is 23.4. The van der Waals surface area contributed by atoms with E-state index in [-0.39, 0.29) is 37.5 Å². The first-order valence-electron chi connectivity index (χ1n) is 24.8. The molecule has 5 nitrogen and oxygen atoms in total. The van der Waals surface area contributed by atoms with Gasteiger partial charge in [0.25, 0.3) is 0 Å². The Morgan fingerprint density at radius 1 is 0.815 bits per heavy atom. The smallest absolute Gasteiger partial charge is 0.121 e. The first kappa shape index (κ1) is 41.0. The Hall–Kier alpha value is -5.46. The monoisotopic (exact) mass is 1060 g/mol. The predicted octanol–water partition coefficient (Wildman–Crippen LogP) is 15.3. The zero-order chi connectivity index (χ0) is 50.0. The molecule has 0 N–H and O–H groups in total. The molecule has 4 aromatic heterocycles. The van der Waals surface area contributed by atoms with Crippen LogP contribution in [-0.4, -0.2) is 27.6 Å². The number of nitrogens with zero attached hydrogens (tertiary/aromatic N) is 4. The van der Waals surface area contributed by atoms with E-state index < -0.39 is 26.7 Å². The number of rotatable bonds is 8. The Morgan fingerprint density at radius 3 is 2.15 bits per heavy atom. The van der Waals surface area contributed by atoms with Crippen LogP contribution in [0.1, 0.15) is 101 Å². The third-order valence-electron chi connectivity index (χ3n) is 11.6. The minimum Gasteiger partial charge on any atom is -0.501 e. The predicted molar refractivity (Wildman–Crippen MR) is 273 cm³/mol. The van der Waals surface area contributed by atoms with Gasteiger partial charge in [0, 0.05) is 50.4 Å². The molecule has 0 unspecified atom stereocenters. The van der Waals surface area contributed by atoms with E-state index in [4.69, 9.17) is 16.3 Å². The van der Waals surface area contributed by atoms with Gasteiger partial charge in [-0.1, -0.05) is 147 Å². The largest absolute Gasteiger partial charge is 0.501 e. The van der Waals surface area contributed by atoms with Crippen LogP contribution in [0.4, 0.5) is 0 Å². The van der Waals surface area contributed by atoms with Crippen LogP contribution >= 0.6 is 0 Å². The normalized spacial score (nSPS) is 13.5. The maximum atomic E-state index is 8.79. The summed E-state index contributed by atoms with van der Waals surface area (Å²) in [5, 5.41) is 3.24. The van der Waals surface area contributed by atoms with Crippen molar-refractivity contribution in [3.8, 4) is 39.5 Å². The molecule has 0 saturated heterocycles. The fraction of sp³-hybridized carbons (Fsp3) is 0.293. The van der Waals surface area contributed by atoms with Crippen molar-refractivity contribution in [2.45, 2.75) is 107 Å². The SMILES string of the molecule is Cc1ccc2c(c1)oc1c(-c3nc4ccncc4n3-c3c(C(C)C)cc(-c4ccccc4)cc3C(C)C)[c-]cc(C)c12.[2H]C([2H])([2H])c1c[c-]c(-c2cc(C([2H])([2H])C(C)(C)C)c([Si](C)(C)C)cn2)cc1.[Ir]. The maximum Gasteiger partial charge on any atom is 0.121 e. The van der Waals surface area contributed by atoms with E-state index in [0.717, 1.165) is 55.1 Å². The van der Waals surface area contributed by atoms with Gasteiger partial charge >= 0.3 is 0 Å². The summed E-state index contributed by atoms with van der Waals surface area (Å²) in [4.78, 5) is 14.3. The Balaban J connectivity index is 0.000000225. The molecule has 0 atom stereocenters. The van der Waals surface area contributed by atoms with Gasteiger partial charge < -0.3 is 14.0 Å². The van der Waals surface area contributed by atoms with Crippen LogP contribution in [0.2, 0.25) is 19.6 Å². The van der Waals surface area contributed by atoms with Crippen molar-refractivity contribution in [3.63, 3.8) is 0 Å². The third kappa shape index (κ3) is 9.89. The van der Waals surface area contributed by atoms with Crippen LogP contribution < -0.4 is 5.19 Å². The molecule has 65 heavy (non-hydrogen) atoms. The molecule has 1 radical (unpaired) electrons. The van der Waals surface area contributed by atoms with Crippen LogP contribution in [0.15, 0.2) is 120 Å². The molecule has 0 aliphatic heterocycles. The number of hydrogen-bond acceptors (Lipinski definition) is 4. The van der Waals surface area contributed by atoms with Crippen LogP contribution in [0.25, 0.3) is 72.4 Å². The van der Waals surface area contributed by atoms with Crippen molar-refractivity contribution in [3.05, 3.63) is 161 Å². The van der Waals surface area contributed by atoms with Gasteiger partial charge in [-0.2, -0.15) is 0 Å². The van der Waals surface area contributed by atoms with Crippen molar-refractivity contribution >= 4 is 46.2 Å². The molecule has 0 aliphatic rings. The number of aromatic nitrogens is 4. The Bertz CT molecular complexity index is 3310. The van der Waals surface area contributed by atoms with Gasteiger partial charge in [-0.25, -0.2) is 0 Å². The molecular weight excluding hydrogens is 989 g/mol. The first-order valence-corrected chi connectivity index (χ1v) is 25.8. The van der Waals surface area contributed by atoms with Crippen molar-refractivity contribution in [2.24, 2.45) is 5.41 Å². The zero-order valence-corrected chi connectivity index (χ0v) is 43.0. The van der Waals surface area contributed by atoms with Crippen molar-refractivity contribution < 1.29 is 31.4 Å². The summed E-state index contributed by atoms with van der Waals surface area (Å²) >= 11 is 0. The molecule has 5 aromatic carbocycles. The average molecular weight is 1060 g/mol. The second-order valence-electron chi connectivity index (χ2n) is 19.7. The second kappa shape index (κ2) is 18.8. The van der Waals surface area contributed by atoms with E-state index in [1.165, 1.54) is 39.6 Å². The van der Waals surface area contributed by atoms with E-state index in [2.05, 4.69) is 155 Å². The summed E-state index contributed by atoms with van der Waals surface area (Å²) < 4.78 is 49.0. The molecule has 0 aliphatic carbocycles. The number of fused-ring (bicyclic) bond motifs is 4. The summed E-state index contributed by atoms with van der Waals surface area (Å²) in [5.74, 6) is 1.37. The molecule has 9 rings (SSSR count). The number of pyridine rings is 2. The Kier molecular flexibility index (Phi) is 11.9. The van der Waals surface area contributed by atoms with Gasteiger partial charge in [0.1, 0.15) is 5.58 Å². The number of aryl methyl sites for hydroxylation is 3. The molecule has 335 valence electrons. The van der Waals surface area contributed by atoms with E-state index >= 15 is 0 Å². The first-order chi connectivity index (χ1) is 32.4. The zero-order valence-electron chi connectivity index (χ0n) is 44.7. The van der Waals surface area contributed by atoms with E-state index in [0.29, 0.717) is 16.8 Å². The van der Waals surface area contributed by atoms with Crippen molar-refractivity contribution in [1.29, 1.82) is 0 Å². The van der Waals surface area contributed by atoms with Crippen LogP contribution in [0, 0.1) is 38.2 Å². The molecule has 9 aromatic rings. The minimum atomic E-state index is -2.17. The Morgan fingerprint density at radius 2 is 1.52 bits per heavy atom. The topological polar surface area (TPSA) is 56.7 Å². The van der Waals surface area contributed by atoms with E-state index in [1.54, 1.807) is 18.3 Å². The van der Waals surface area contributed by atoms with Crippen molar-refractivity contribution in [1.82, 2.24) is 19.5 Å². The molecule has 0 saturated carbocycles. The Labute approximate surface area is 408 Å². The average Bonchev–Trinajstić information content (AvgIpc) is 3.87. The molecule has 0 spiro atoms. The number of hydrogen-bond donors (Lipinski definition) is 0. The molecule has 7 heteroatoms.